The van der Waals surface area contributed by atoms with Gasteiger partial charge in [0.05, 0.1) is 25.2 Å². The monoisotopic (exact) mass is 330 g/mol. The lowest BCUT2D eigenvalue weighted by atomic mass is 10.3. The van der Waals surface area contributed by atoms with Gasteiger partial charge >= 0.3 is 0 Å². The summed E-state index contributed by atoms with van der Waals surface area (Å²) in [6, 6.07) is 6.62. The molecule has 8 heteroatoms. The van der Waals surface area contributed by atoms with Gasteiger partial charge in [0.2, 0.25) is 15.9 Å². The molecule has 1 amide bonds. The van der Waals surface area contributed by atoms with Gasteiger partial charge < -0.3 is 14.8 Å². The highest BCUT2D eigenvalue weighted by molar-refractivity contribution is 7.92. The molecule has 0 radical (unpaired) electrons. The third-order valence-corrected chi connectivity index (χ3v) is 3.87. The van der Waals surface area contributed by atoms with Crippen molar-refractivity contribution in [3.63, 3.8) is 0 Å². The van der Waals surface area contributed by atoms with Crippen molar-refractivity contribution in [2.24, 2.45) is 0 Å². The zero-order chi connectivity index (χ0) is 16.6. The fraction of sp³-hybridized carbons (Fsp3) is 0.500. The van der Waals surface area contributed by atoms with E-state index in [4.69, 9.17) is 9.47 Å². The van der Waals surface area contributed by atoms with Crippen molar-refractivity contribution >= 4 is 21.6 Å². The first kappa shape index (κ1) is 18.2. The van der Waals surface area contributed by atoms with Gasteiger partial charge in [0.15, 0.2) is 0 Å². The molecule has 0 aliphatic heterocycles. The van der Waals surface area contributed by atoms with Crippen molar-refractivity contribution in [2.45, 2.75) is 6.92 Å². The van der Waals surface area contributed by atoms with E-state index in [1.54, 1.807) is 24.3 Å². The van der Waals surface area contributed by atoms with Crippen LogP contribution in [0.15, 0.2) is 24.3 Å². The van der Waals surface area contributed by atoms with E-state index < -0.39 is 15.9 Å². The average Bonchev–Trinajstić information content (AvgIpc) is 2.44. The Morgan fingerprint density at radius 3 is 2.68 bits per heavy atom. The summed E-state index contributed by atoms with van der Waals surface area (Å²) in [7, 11) is -2.07. The van der Waals surface area contributed by atoms with Gasteiger partial charge in [-0.3, -0.25) is 9.10 Å². The number of carbonyl (C=O) groups excluding carboxylic acids is 1. The van der Waals surface area contributed by atoms with E-state index in [-0.39, 0.29) is 6.54 Å². The van der Waals surface area contributed by atoms with Gasteiger partial charge in [0.1, 0.15) is 12.3 Å². The maximum absolute atomic E-state index is 11.9. The molecular weight excluding hydrogens is 308 g/mol. The van der Waals surface area contributed by atoms with Crippen LogP contribution in [-0.2, 0) is 19.6 Å². The summed E-state index contributed by atoms with van der Waals surface area (Å²) in [6.07, 6.45) is 1.06. The lowest BCUT2D eigenvalue weighted by Gasteiger charge is -2.22. The first-order chi connectivity index (χ1) is 10.4. The second-order valence-corrected chi connectivity index (χ2v) is 6.45. The summed E-state index contributed by atoms with van der Waals surface area (Å²) in [5, 5.41) is 2.59. The summed E-state index contributed by atoms with van der Waals surface area (Å²) < 4.78 is 35.1. The molecule has 0 aromatic heterocycles. The largest absolute Gasteiger partial charge is 0.494 e. The number of benzene rings is 1. The summed E-state index contributed by atoms with van der Waals surface area (Å²) in [5.74, 6) is 0.151. The fourth-order valence-electron chi connectivity index (χ4n) is 1.77. The summed E-state index contributed by atoms with van der Waals surface area (Å²) in [5.41, 5.74) is 0.385. The molecule has 0 saturated heterocycles. The molecule has 1 rings (SSSR count). The molecular formula is C14H22N2O5S. The number of nitrogens with zero attached hydrogens (tertiary/aromatic N) is 1. The first-order valence-electron chi connectivity index (χ1n) is 6.84. The van der Waals surface area contributed by atoms with E-state index in [0.29, 0.717) is 31.2 Å². The van der Waals surface area contributed by atoms with Crippen LogP contribution in [0.2, 0.25) is 0 Å². The number of sulfonamides is 1. The third kappa shape index (κ3) is 5.90. The Balaban J connectivity index is 2.90. The Morgan fingerprint density at radius 1 is 1.36 bits per heavy atom. The van der Waals surface area contributed by atoms with Gasteiger partial charge in [-0.2, -0.15) is 0 Å². The fourth-order valence-corrected chi connectivity index (χ4v) is 2.62. The summed E-state index contributed by atoms with van der Waals surface area (Å²) in [4.78, 5) is 11.9. The van der Waals surface area contributed by atoms with Crippen molar-refractivity contribution in [2.75, 3.05) is 44.0 Å². The quantitative estimate of drug-likeness (QED) is 0.671. The molecule has 0 aliphatic rings. The minimum atomic E-state index is -3.59. The smallest absolute Gasteiger partial charge is 0.240 e. The number of rotatable bonds is 9. The molecule has 0 saturated carbocycles. The molecule has 0 heterocycles. The molecule has 0 bridgehead atoms. The second-order valence-electron chi connectivity index (χ2n) is 4.54. The Kier molecular flexibility index (Phi) is 7.13. The van der Waals surface area contributed by atoms with Gasteiger partial charge in [-0.05, 0) is 19.1 Å². The number of hydrogen-bond donors (Lipinski definition) is 1. The third-order valence-electron chi connectivity index (χ3n) is 2.73. The van der Waals surface area contributed by atoms with Crippen molar-refractivity contribution in [3.8, 4) is 5.75 Å². The number of carbonyl (C=O) groups is 1. The highest BCUT2D eigenvalue weighted by Crippen LogP contribution is 2.23. The molecule has 124 valence electrons. The summed E-state index contributed by atoms with van der Waals surface area (Å²) in [6.45, 7) is 2.71. The molecule has 0 aliphatic carbocycles. The Morgan fingerprint density at radius 2 is 2.09 bits per heavy atom. The lowest BCUT2D eigenvalue weighted by molar-refractivity contribution is -0.119. The van der Waals surface area contributed by atoms with Crippen LogP contribution in [0.4, 0.5) is 5.69 Å². The molecule has 1 aromatic carbocycles. The van der Waals surface area contributed by atoms with Crippen molar-refractivity contribution in [1.82, 2.24) is 5.32 Å². The Labute approximate surface area is 131 Å². The van der Waals surface area contributed by atoms with Gasteiger partial charge in [0.25, 0.3) is 0 Å². The molecule has 1 aromatic rings. The van der Waals surface area contributed by atoms with Crippen LogP contribution in [0.1, 0.15) is 6.92 Å². The minimum absolute atomic E-state index is 0.294. The predicted octanol–water partition coefficient (Wildman–Crippen LogP) is 0.614. The van der Waals surface area contributed by atoms with E-state index in [2.05, 4.69) is 5.32 Å². The van der Waals surface area contributed by atoms with E-state index >= 15 is 0 Å². The minimum Gasteiger partial charge on any atom is -0.494 e. The topological polar surface area (TPSA) is 84.9 Å². The number of methoxy groups -OCH3 is 1. The van der Waals surface area contributed by atoms with Crippen molar-refractivity contribution in [1.29, 1.82) is 0 Å². The Hall–Kier alpha value is -1.80. The van der Waals surface area contributed by atoms with Crippen LogP contribution in [0.25, 0.3) is 0 Å². The van der Waals surface area contributed by atoms with Crippen LogP contribution in [0.3, 0.4) is 0 Å². The number of anilines is 1. The van der Waals surface area contributed by atoms with Crippen LogP contribution >= 0.6 is 0 Å². The number of ether oxygens (including phenoxy) is 2. The number of amides is 1. The zero-order valence-electron chi connectivity index (χ0n) is 13.0. The summed E-state index contributed by atoms with van der Waals surface area (Å²) >= 11 is 0. The normalized spacial score (nSPS) is 11.0. The maximum Gasteiger partial charge on any atom is 0.240 e. The zero-order valence-corrected chi connectivity index (χ0v) is 13.9. The predicted molar refractivity (Wildman–Crippen MR) is 84.7 cm³/mol. The van der Waals surface area contributed by atoms with Crippen molar-refractivity contribution < 1.29 is 22.7 Å². The van der Waals surface area contributed by atoms with E-state index in [9.17, 15) is 13.2 Å². The second kappa shape index (κ2) is 8.60. The number of nitrogens with one attached hydrogen (secondary N) is 1. The molecule has 0 atom stereocenters. The van der Waals surface area contributed by atoms with E-state index in [1.165, 1.54) is 7.11 Å². The van der Waals surface area contributed by atoms with E-state index in [1.807, 2.05) is 6.92 Å². The van der Waals surface area contributed by atoms with Gasteiger partial charge in [-0.1, -0.05) is 6.07 Å². The molecule has 0 spiro atoms. The van der Waals surface area contributed by atoms with Gasteiger partial charge in [-0.15, -0.1) is 0 Å². The van der Waals surface area contributed by atoms with Gasteiger partial charge in [0, 0.05) is 19.7 Å². The van der Waals surface area contributed by atoms with Gasteiger partial charge in [-0.25, -0.2) is 8.42 Å². The first-order valence-corrected chi connectivity index (χ1v) is 8.69. The highest BCUT2D eigenvalue weighted by atomic mass is 32.2. The highest BCUT2D eigenvalue weighted by Gasteiger charge is 2.21. The molecule has 22 heavy (non-hydrogen) atoms. The SMILES string of the molecule is CCOc1cccc(N(CC(=O)NCCOC)S(C)(=O)=O)c1. The van der Waals surface area contributed by atoms with E-state index in [0.717, 1.165) is 10.6 Å². The number of hydrogen-bond acceptors (Lipinski definition) is 5. The Bertz CT molecular complexity index is 589. The van der Waals surface area contributed by atoms with Crippen molar-refractivity contribution in [3.05, 3.63) is 24.3 Å². The maximum atomic E-state index is 11.9. The molecule has 7 nitrogen and oxygen atoms in total. The molecule has 0 fully saturated rings. The standard InChI is InChI=1S/C14H22N2O5S/c1-4-21-13-7-5-6-12(10-13)16(22(3,18)19)11-14(17)15-8-9-20-2/h5-7,10H,4,8-9,11H2,1-3H3,(H,15,17). The average molecular weight is 330 g/mol. The van der Waals surface area contributed by atoms with Crippen LogP contribution in [-0.4, -0.2) is 54.0 Å². The lowest BCUT2D eigenvalue weighted by Crippen LogP contribution is -2.41. The molecule has 0 unspecified atom stereocenters. The van der Waals surface area contributed by atoms with Crippen LogP contribution in [0, 0.1) is 0 Å². The van der Waals surface area contributed by atoms with Crippen LogP contribution in [0.5, 0.6) is 5.75 Å². The molecule has 1 N–H and O–H groups in total. The van der Waals surface area contributed by atoms with Crippen LogP contribution < -0.4 is 14.4 Å².